The van der Waals surface area contributed by atoms with E-state index >= 15 is 0 Å². The van der Waals surface area contributed by atoms with Crippen LogP contribution in [0.4, 0.5) is 0 Å². The molecule has 0 unspecified atom stereocenters. The van der Waals surface area contributed by atoms with Gasteiger partial charge in [-0.05, 0) is 6.92 Å². The highest BCUT2D eigenvalue weighted by molar-refractivity contribution is 14.1. The van der Waals surface area contributed by atoms with E-state index in [1.165, 1.54) is 20.8 Å². The predicted molar refractivity (Wildman–Crippen MR) is 75.0 cm³/mol. The second-order valence-electron chi connectivity index (χ2n) is 4.41. The fourth-order valence-corrected chi connectivity index (χ4v) is 2.77. The molecule has 0 aromatic heterocycles. The van der Waals surface area contributed by atoms with Gasteiger partial charge in [-0.2, -0.15) is 0 Å². The third-order valence-electron chi connectivity index (χ3n) is 2.60. The molecule has 1 aliphatic heterocycles. The Bertz CT molecular complexity index is 397. The smallest absolute Gasteiger partial charge is 0.304 e. The van der Waals surface area contributed by atoms with Crippen LogP contribution in [0.5, 0.6) is 0 Å². The Hall–Kier alpha value is -0.900. The lowest BCUT2D eigenvalue weighted by atomic mass is 10.0. The topological polar surface area (TPSA) is 88.1 Å². The molecule has 1 rings (SSSR count). The van der Waals surface area contributed by atoms with Crippen molar-refractivity contribution in [2.75, 3.05) is 0 Å². The summed E-state index contributed by atoms with van der Waals surface area (Å²) in [7, 11) is 0. The summed E-state index contributed by atoms with van der Waals surface area (Å²) in [4.78, 5) is 33.4. The largest absolute Gasteiger partial charge is 0.457 e. The molecule has 7 nitrogen and oxygen atoms in total. The molecule has 5 atom stereocenters. The van der Waals surface area contributed by atoms with Crippen molar-refractivity contribution in [3.05, 3.63) is 0 Å². The molecule has 0 aromatic carbocycles. The molecule has 0 spiro atoms. The van der Waals surface area contributed by atoms with Crippen LogP contribution in [0.25, 0.3) is 0 Å². The summed E-state index contributed by atoms with van der Waals surface area (Å²) in [5.41, 5.74) is 0. The second-order valence-corrected chi connectivity index (χ2v) is 5.85. The Balaban J connectivity index is 2.93. The fourth-order valence-electron chi connectivity index (χ4n) is 1.90. The molecule has 0 N–H and O–H groups in total. The van der Waals surface area contributed by atoms with E-state index in [4.69, 9.17) is 18.9 Å². The summed E-state index contributed by atoms with van der Waals surface area (Å²) in [6, 6.07) is 0. The van der Waals surface area contributed by atoms with Crippen LogP contribution in [-0.2, 0) is 33.3 Å². The normalized spacial score (nSPS) is 33.1. The minimum absolute atomic E-state index is 0.485. The van der Waals surface area contributed by atoms with Crippen LogP contribution < -0.4 is 0 Å². The predicted octanol–water partition coefficient (Wildman–Crippen LogP) is 0.961. The molecule has 0 amide bonds. The number of alkyl halides is 1. The van der Waals surface area contributed by atoms with Gasteiger partial charge in [0.15, 0.2) is 12.2 Å². The average molecular weight is 400 g/mol. The maximum atomic E-state index is 11.2. The van der Waals surface area contributed by atoms with Crippen LogP contribution >= 0.6 is 22.6 Å². The van der Waals surface area contributed by atoms with Gasteiger partial charge in [0, 0.05) is 20.8 Å². The third kappa shape index (κ3) is 4.58. The third-order valence-corrected chi connectivity index (χ3v) is 3.89. The number of carbonyl (C=O) groups is 3. The summed E-state index contributed by atoms with van der Waals surface area (Å²) < 4.78 is 20.4. The van der Waals surface area contributed by atoms with E-state index in [1.54, 1.807) is 6.92 Å². The van der Waals surface area contributed by atoms with E-state index in [0.29, 0.717) is 0 Å². The molecule has 0 saturated carbocycles. The van der Waals surface area contributed by atoms with Crippen molar-refractivity contribution in [1.82, 2.24) is 0 Å². The summed E-state index contributed by atoms with van der Waals surface area (Å²) in [5, 5.41) is 0. The lowest BCUT2D eigenvalue weighted by Gasteiger charge is -2.41. The zero-order valence-electron chi connectivity index (χ0n) is 11.6. The molecule has 0 aromatic rings. The summed E-state index contributed by atoms with van der Waals surface area (Å²) in [5.74, 6) is -1.52. The monoisotopic (exact) mass is 400 g/mol. The van der Waals surface area contributed by atoms with Gasteiger partial charge in [-0.15, -0.1) is 0 Å². The number of hydrogen-bond acceptors (Lipinski definition) is 7. The molecule has 1 fully saturated rings. The van der Waals surface area contributed by atoms with Gasteiger partial charge in [0.1, 0.15) is 3.92 Å². The number of halogens is 1. The van der Waals surface area contributed by atoms with Crippen molar-refractivity contribution >= 4 is 40.5 Å². The van der Waals surface area contributed by atoms with E-state index in [0.717, 1.165) is 0 Å². The van der Waals surface area contributed by atoms with Gasteiger partial charge in [0.05, 0.1) is 6.10 Å². The summed E-state index contributed by atoms with van der Waals surface area (Å²) in [6.07, 6.45) is -2.92. The van der Waals surface area contributed by atoms with E-state index < -0.39 is 46.4 Å². The van der Waals surface area contributed by atoms with Crippen molar-refractivity contribution in [2.45, 2.75) is 56.2 Å². The zero-order valence-corrected chi connectivity index (χ0v) is 13.8. The molecule has 1 aliphatic rings. The van der Waals surface area contributed by atoms with Crippen LogP contribution in [0, 0.1) is 0 Å². The Kier molecular flexibility index (Phi) is 6.18. The molecule has 0 aliphatic carbocycles. The first-order valence-electron chi connectivity index (χ1n) is 6.03. The highest BCUT2D eigenvalue weighted by Crippen LogP contribution is 2.31. The van der Waals surface area contributed by atoms with Gasteiger partial charge < -0.3 is 18.9 Å². The van der Waals surface area contributed by atoms with Crippen LogP contribution in [-0.4, -0.2) is 46.4 Å². The number of rotatable bonds is 3. The summed E-state index contributed by atoms with van der Waals surface area (Å²) >= 11 is 1.95. The maximum Gasteiger partial charge on any atom is 0.304 e. The van der Waals surface area contributed by atoms with Crippen molar-refractivity contribution in [2.24, 2.45) is 0 Å². The first kappa shape index (κ1) is 17.2. The lowest BCUT2D eigenvalue weighted by Crippen LogP contribution is -2.58. The van der Waals surface area contributed by atoms with Crippen LogP contribution in [0.3, 0.4) is 0 Å². The van der Waals surface area contributed by atoms with Gasteiger partial charge in [-0.25, -0.2) is 0 Å². The Morgan fingerprint density at radius 3 is 1.80 bits per heavy atom. The van der Waals surface area contributed by atoms with Crippen molar-refractivity contribution in [3.63, 3.8) is 0 Å². The SMILES string of the molecule is CC(=O)O[C@@H]1O[C@H](C)[C@@H](OC(C)=O)[C@H](OC(C)=O)[C@H]1I. The minimum Gasteiger partial charge on any atom is -0.457 e. The molecule has 1 heterocycles. The first-order chi connectivity index (χ1) is 9.22. The van der Waals surface area contributed by atoms with E-state index in [2.05, 4.69) is 0 Å². The molecule has 114 valence electrons. The quantitative estimate of drug-likeness (QED) is 0.302. The highest BCUT2D eigenvalue weighted by Gasteiger charge is 2.48. The van der Waals surface area contributed by atoms with Gasteiger partial charge in [-0.3, -0.25) is 14.4 Å². The Morgan fingerprint density at radius 1 is 0.900 bits per heavy atom. The van der Waals surface area contributed by atoms with Gasteiger partial charge in [0.2, 0.25) is 6.29 Å². The standard InChI is InChI=1S/C12H17IO7/c1-5-10(18-6(2)14)11(19-7(3)15)9(13)12(17-5)20-8(4)16/h5,9-12H,1-4H3/t5-,9-,10-,11-,12+/m1/s1. The van der Waals surface area contributed by atoms with Gasteiger partial charge >= 0.3 is 17.9 Å². The van der Waals surface area contributed by atoms with Gasteiger partial charge in [-0.1, -0.05) is 22.6 Å². The highest BCUT2D eigenvalue weighted by atomic mass is 127. The average Bonchev–Trinajstić information content (AvgIpc) is 2.28. The van der Waals surface area contributed by atoms with Crippen molar-refractivity contribution in [1.29, 1.82) is 0 Å². The van der Waals surface area contributed by atoms with Crippen molar-refractivity contribution < 1.29 is 33.3 Å². The molecule has 8 heteroatoms. The van der Waals surface area contributed by atoms with Gasteiger partial charge in [0.25, 0.3) is 0 Å². The van der Waals surface area contributed by atoms with Crippen LogP contribution in [0.1, 0.15) is 27.7 Å². The van der Waals surface area contributed by atoms with E-state index in [1.807, 2.05) is 22.6 Å². The van der Waals surface area contributed by atoms with E-state index in [-0.39, 0.29) is 0 Å². The van der Waals surface area contributed by atoms with E-state index in [9.17, 15) is 14.4 Å². The molecule has 0 bridgehead atoms. The lowest BCUT2D eigenvalue weighted by molar-refractivity contribution is -0.244. The number of ether oxygens (including phenoxy) is 4. The second kappa shape index (κ2) is 7.21. The summed E-state index contributed by atoms with van der Waals surface area (Å²) in [6.45, 7) is 5.44. The number of hydrogen-bond donors (Lipinski definition) is 0. The van der Waals surface area contributed by atoms with Crippen LogP contribution in [0.2, 0.25) is 0 Å². The number of esters is 3. The maximum absolute atomic E-state index is 11.2. The molecule has 20 heavy (non-hydrogen) atoms. The van der Waals surface area contributed by atoms with Crippen LogP contribution in [0.15, 0.2) is 0 Å². The molecule has 0 radical (unpaired) electrons. The first-order valence-corrected chi connectivity index (χ1v) is 7.28. The molecular weight excluding hydrogens is 383 g/mol. The fraction of sp³-hybridized carbons (Fsp3) is 0.750. The molecular formula is C12H17IO7. The molecule has 1 saturated heterocycles. The van der Waals surface area contributed by atoms with Crippen molar-refractivity contribution in [3.8, 4) is 0 Å². The number of carbonyl (C=O) groups excluding carboxylic acids is 3. The zero-order chi connectivity index (χ0) is 15.4. The Labute approximate surface area is 130 Å². The minimum atomic E-state index is -0.862. The Morgan fingerprint density at radius 2 is 1.35 bits per heavy atom.